The standard InChI is InChI=1S/C27H29ClN2O5/c28-20-6-8-21(9-7-20)32-14-3-15-33-22-10-11-24-19(16-22)4-1-12-30-25(24)17-26(29-27(30)31)35-18-23-5-2-13-34-23/h6-11,16-17,23H,1-5,12-15,18H2. The lowest BCUT2D eigenvalue weighted by molar-refractivity contribution is 0.0661. The Kier molecular flexibility index (Phi) is 7.54. The number of hydrogen-bond acceptors (Lipinski definition) is 6. The first-order valence-corrected chi connectivity index (χ1v) is 12.5. The zero-order valence-corrected chi connectivity index (χ0v) is 20.3. The van der Waals surface area contributed by atoms with Gasteiger partial charge in [-0.25, -0.2) is 4.79 Å². The molecule has 2 aliphatic rings. The summed E-state index contributed by atoms with van der Waals surface area (Å²) >= 11 is 5.90. The van der Waals surface area contributed by atoms with Crippen LogP contribution in [0.3, 0.4) is 0 Å². The smallest absolute Gasteiger partial charge is 0.351 e. The molecule has 3 heterocycles. The topological polar surface area (TPSA) is 71.8 Å². The molecule has 3 aromatic rings. The number of rotatable bonds is 9. The molecule has 0 spiro atoms. The van der Waals surface area contributed by atoms with Crippen LogP contribution >= 0.6 is 11.6 Å². The van der Waals surface area contributed by atoms with Crippen molar-refractivity contribution < 1.29 is 18.9 Å². The molecule has 1 saturated heterocycles. The van der Waals surface area contributed by atoms with E-state index in [4.69, 9.17) is 30.5 Å². The third kappa shape index (κ3) is 5.97. The van der Waals surface area contributed by atoms with E-state index in [-0.39, 0.29) is 11.8 Å². The Hall–Kier alpha value is -3.03. The zero-order chi connectivity index (χ0) is 24.0. The van der Waals surface area contributed by atoms with Gasteiger partial charge in [-0.1, -0.05) is 11.6 Å². The van der Waals surface area contributed by atoms with Gasteiger partial charge in [-0.15, -0.1) is 0 Å². The van der Waals surface area contributed by atoms with Gasteiger partial charge in [0.25, 0.3) is 0 Å². The maximum absolute atomic E-state index is 12.7. The van der Waals surface area contributed by atoms with Crippen molar-refractivity contribution in [3.8, 4) is 28.6 Å². The fraction of sp³-hybridized carbons (Fsp3) is 0.407. The Morgan fingerprint density at radius 1 is 1.00 bits per heavy atom. The Bertz CT molecular complexity index is 1210. The molecule has 0 saturated carbocycles. The maximum atomic E-state index is 12.7. The van der Waals surface area contributed by atoms with Gasteiger partial charge >= 0.3 is 5.69 Å². The lowest BCUT2D eigenvalue weighted by atomic mass is 10.0. The van der Waals surface area contributed by atoms with Crippen LogP contribution in [-0.4, -0.2) is 42.1 Å². The number of halogens is 1. The number of benzene rings is 2. The lowest BCUT2D eigenvalue weighted by Gasteiger charge is -2.15. The van der Waals surface area contributed by atoms with Crippen LogP contribution in [0.4, 0.5) is 0 Å². The third-order valence-corrected chi connectivity index (χ3v) is 6.50. The van der Waals surface area contributed by atoms with E-state index in [1.54, 1.807) is 4.57 Å². The minimum Gasteiger partial charge on any atom is -0.493 e. The number of hydrogen-bond donors (Lipinski definition) is 0. The van der Waals surface area contributed by atoms with Crippen LogP contribution in [0.15, 0.2) is 53.3 Å². The molecule has 0 amide bonds. The van der Waals surface area contributed by atoms with Gasteiger partial charge in [-0.05, 0) is 73.7 Å². The molecule has 0 radical (unpaired) electrons. The van der Waals surface area contributed by atoms with Gasteiger partial charge in [0.15, 0.2) is 0 Å². The van der Waals surface area contributed by atoms with E-state index in [9.17, 15) is 4.79 Å². The molecule has 1 unspecified atom stereocenters. The second-order valence-electron chi connectivity index (χ2n) is 8.79. The van der Waals surface area contributed by atoms with Crippen molar-refractivity contribution in [2.45, 2.75) is 44.8 Å². The van der Waals surface area contributed by atoms with E-state index in [1.165, 1.54) is 0 Å². The predicted molar refractivity (Wildman–Crippen MR) is 134 cm³/mol. The Balaban J connectivity index is 1.23. The summed E-state index contributed by atoms with van der Waals surface area (Å²) in [6.07, 6.45) is 4.57. The van der Waals surface area contributed by atoms with Gasteiger partial charge in [0.05, 0.1) is 25.0 Å². The van der Waals surface area contributed by atoms with E-state index in [2.05, 4.69) is 11.1 Å². The normalized spacial score (nSPS) is 16.8. The van der Waals surface area contributed by atoms with E-state index in [0.29, 0.717) is 37.3 Å². The van der Waals surface area contributed by atoms with Crippen molar-refractivity contribution in [3.05, 3.63) is 69.6 Å². The molecule has 0 aliphatic carbocycles. The molecular formula is C27H29ClN2O5. The molecule has 1 aromatic heterocycles. The van der Waals surface area contributed by atoms with Gasteiger partial charge in [0, 0.05) is 36.2 Å². The van der Waals surface area contributed by atoms with Gasteiger partial charge < -0.3 is 18.9 Å². The highest BCUT2D eigenvalue weighted by Crippen LogP contribution is 2.32. The van der Waals surface area contributed by atoms with Crippen LogP contribution in [0.25, 0.3) is 11.3 Å². The fourth-order valence-corrected chi connectivity index (χ4v) is 4.59. The Morgan fingerprint density at radius 3 is 2.60 bits per heavy atom. The number of fused-ring (bicyclic) bond motifs is 3. The average Bonchev–Trinajstić information content (AvgIpc) is 3.32. The van der Waals surface area contributed by atoms with Crippen molar-refractivity contribution in [1.29, 1.82) is 0 Å². The van der Waals surface area contributed by atoms with Crippen molar-refractivity contribution in [1.82, 2.24) is 9.55 Å². The van der Waals surface area contributed by atoms with Crippen LogP contribution in [0.2, 0.25) is 5.02 Å². The molecule has 1 fully saturated rings. The maximum Gasteiger partial charge on any atom is 0.351 e. The van der Waals surface area contributed by atoms with Crippen LogP contribution in [0.1, 0.15) is 31.2 Å². The van der Waals surface area contributed by atoms with Gasteiger partial charge in [-0.3, -0.25) is 4.57 Å². The SMILES string of the molecule is O=c1nc(OCC2CCCO2)cc2n1CCCc1cc(OCCCOc3ccc(Cl)cc3)ccc1-2. The molecule has 0 bridgehead atoms. The van der Waals surface area contributed by atoms with Gasteiger partial charge in [-0.2, -0.15) is 4.98 Å². The van der Waals surface area contributed by atoms with Crippen molar-refractivity contribution >= 4 is 11.6 Å². The summed E-state index contributed by atoms with van der Waals surface area (Å²) in [6, 6.07) is 15.2. The summed E-state index contributed by atoms with van der Waals surface area (Å²) in [4.78, 5) is 16.9. The van der Waals surface area contributed by atoms with Crippen LogP contribution in [0.5, 0.6) is 17.4 Å². The van der Waals surface area contributed by atoms with Crippen molar-refractivity contribution in [2.24, 2.45) is 0 Å². The number of aryl methyl sites for hydroxylation is 1. The molecule has 2 aromatic carbocycles. The Labute approximate surface area is 209 Å². The van der Waals surface area contributed by atoms with Crippen LogP contribution in [-0.2, 0) is 17.7 Å². The average molecular weight is 497 g/mol. The quantitative estimate of drug-likeness (QED) is 0.392. The minimum absolute atomic E-state index is 0.0712. The number of aromatic nitrogens is 2. The molecule has 1 atom stereocenters. The van der Waals surface area contributed by atoms with Crippen LogP contribution < -0.4 is 19.9 Å². The summed E-state index contributed by atoms with van der Waals surface area (Å²) in [7, 11) is 0. The molecule has 184 valence electrons. The van der Waals surface area contributed by atoms with Crippen molar-refractivity contribution in [3.63, 3.8) is 0 Å². The highest BCUT2D eigenvalue weighted by Gasteiger charge is 2.20. The Morgan fingerprint density at radius 2 is 1.80 bits per heavy atom. The number of nitrogens with zero attached hydrogens (tertiary/aromatic N) is 2. The molecule has 8 heteroatoms. The monoisotopic (exact) mass is 496 g/mol. The molecule has 2 aliphatic heterocycles. The molecule has 5 rings (SSSR count). The van der Waals surface area contributed by atoms with Crippen LogP contribution in [0, 0.1) is 0 Å². The van der Waals surface area contributed by atoms with E-state index < -0.39 is 0 Å². The van der Waals surface area contributed by atoms with E-state index >= 15 is 0 Å². The molecule has 35 heavy (non-hydrogen) atoms. The molecule has 0 N–H and O–H groups in total. The van der Waals surface area contributed by atoms with Gasteiger partial charge in [0.2, 0.25) is 5.88 Å². The second kappa shape index (κ2) is 11.1. The fourth-order valence-electron chi connectivity index (χ4n) is 4.47. The largest absolute Gasteiger partial charge is 0.493 e. The first-order valence-electron chi connectivity index (χ1n) is 12.2. The summed E-state index contributed by atoms with van der Waals surface area (Å²) < 4.78 is 24.9. The zero-order valence-electron chi connectivity index (χ0n) is 19.6. The summed E-state index contributed by atoms with van der Waals surface area (Å²) in [5.41, 5.74) is 2.73. The summed E-state index contributed by atoms with van der Waals surface area (Å²) in [5, 5.41) is 0.690. The second-order valence-corrected chi connectivity index (χ2v) is 9.22. The lowest BCUT2D eigenvalue weighted by Crippen LogP contribution is -2.26. The third-order valence-electron chi connectivity index (χ3n) is 6.25. The highest BCUT2D eigenvalue weighted by atomic mass is 35.5. The first-order chi connectivity index (χ1) is 17.2. The van der Waals surface area contributed by atoms with E-state index in [0.717, 1.165) is 67.0 Å². The predicted octanol–water partition coefficient (Wildman–Crippen LogP) is 4.92. The summed E-state index contributed by atoms with van der Waals surface area (Å²) in [5.74, 6) is 1.96. The summed E-state index contributed by atoms with van der Waals surface area (Å²) in [6.45, 7) is 2.91. The van der Waals surface area contributed by atoms with Crippen molar-refractivity contribution in [2.75, 3.05) is 26.4 Å². The first kappa shape index (κ1) is 23.7. The molecular weight excluding hydrogens is 468 g/mol. The molecule has 7 nitrogen and oxygen atoms in total. The van der Waals surface area contributed by atoms with E-state index in [1.807, 2.05) is 42.5 Å². The highest BCUT2D eigenvalue weighted by molar-refractivity contribution is 6.30. The van der Waals surface area contributed by atoms with Gasteiger partial charge in [0.1, 0.15) is 18.1 Å². The number of ether oxygens (including phenoxy) is 4. The minimum atomic E-state index is -0.279.